The molecule has 3 nitrogen and oxygen atoms in total. The molecule has 1 heterocycles. The topological polar surface area (TPSA) is 52.5 Å². The van der Waals surface area contributed by atoms with Crippen LogP contribution in [0.1, 0.15) is 51.0 Å². The SMILES string of the molecule is CCC(C)CCCC(=N)c1cnc(C)[nH]1. The van der Waals surface area contributed by atoms with Crippen LogP contribution < -0.4 is 0 Å². The first-order valence-electron chi connectivity index (χ1n) is 5.72. The average Bonchev–Trinajstić information content (AvgIpc) is 2.64. The van der Waals surface area contributed by atoms with Gasteiger partial charge in [0.1, 0.15) is 5.82 Å². The van der Waals surface area contributed by atoms with Crippen LogP contribution in [0, 0.1) is 18.3 Å². The monoisotopic (exact) mass is 207 g/mol. The van der Waals surface area contributed by atoms with Crippen molar-refractivity contribution in [1.29, 1.82) is 5.41 Å². The Labute approximate surface area is 91.8 Å². The number of hydrogen-bond donors (Lipinski definition) is 2. The lowest BCUT2D eigenvalue weighted by atomic mass is 10.00. The normalized spacial score (nSPS) is 12.7. The number of rotatable bonds is 6. The van der Waals surface area contributed by atoms with E-state index < -0.39 is 0 Å². The molecule has 2 N–H and O–H groups in total. The van der Waals surface area contributed by atoms with Gasteiger partial charge < -0.3 is 10.4 Å². The highest BCUT2D eigenvalue weighted by atomic mass is 14.9. The maximum Gasteiger partial charge on any atom is 0.103 e. The van der Waals surface area contributed by atoms with Crippen molar-refractivity contribution in [3.05, 3.63) is 17.7 Å². The van der Waals surface area contributed by atoms with E-state index in [1.54, 1.807) is 6.20 Å². The standard InChI is InChI=1S/C12H21N3/c1-4-9(2)6-5-7-11(13)12-8-14-10(3)15-12/h8-9,13H,4-7H2,1-3H3,(H,14,15). The van der Waals surface area contributed by atoms with E-state index in [0.717, 1.165) is 30.3 Å². The van der Waals surface area contributed by atoms with Crippen LogP contribution in [-0.2, 0) is 0 Å². The minimum atomic E-state index is 0.680. The summed E-state index contributed by atoms with van der Waals surface area (Å²) in [5.41, 5.74) is 1.55. The van der Waals surface area contributed by atoms with Crippen molar-refractivity contribution in [3.8, 4) is 0 Å². The summed E-state index contributed by atoms with van der Waals surface area (Å²) in [6.45, 7) is 6.40. The minimum absolute atomic E-state index is 0.680. The van der Waals surface area contributed by atoms with Crippen LogP contribution in [0.5, 0.6) is 0 Å². The molecule has 0 saturated heterocycles. The van der Waals surface area contributed by atoms with Crippen molar-refractivity contribution in [3.63, 3.8) is 0 Å². The van der Waals surface area contributed by atoms with Gasteiger partial charge in [-0.1, -0.05) is 26.7 Å². The van der Waals surface area contributed by atoms with E-state index in [2.05, 4.69) is 23.8 Å². The Morgan fingerprint density at radius 3 is 2.87 bits per heavy atom. The molecule has 0 bridgehead atoms. The predicted octanol–water partition coefficient (Wildman–Crippen LogP) is 3.30. The van der Waals surface area contributed by atoms with Gasteiger partial charge in [0.15, 0.2) is 0 Å². The number of imidazole rings is 1. The number of aromatic amines is 1. The largest absolute Gasteiger partial charge is 0.341 e. The van der Waals surface area contributed by atoms with Gasteiger partial charge in [0.2, 0.25) is 0 Å². The fraction of sp³-hybridized carbons (Fsp3) is 0.667. The Bertz CT molecular complexity index is 314. The Kier molecular flexibility index (Phi) is 4.53. The number of nitrogens with one attached hydrogen (secondary N) is 2. The molecule has 1 unspecified atom stereocenters. The number of aryl methyl sites for hydroxylation is 1. The molecule has 0 aliphatic carbocycles. The van der Waals surface area contributed by atoms with Gasteiger partial charge in [0, 0.05) is 0 Å². The fourth-order valence-electron chi connectivity index (χ4n) is 1.54. The van der Waals surface area contributed by atoms with Gasteiger partial charge in [0.05, 0.1) is 17.6 Å². The van der Waals surface area contributed by atoms with E-state index in [9.17, 15) is 0 Å². The molecule has 84 valence electrons. The molecule has 1 aromatic heterocycles. The van der Waals surface area contributed by atoms with E-state index in [1.165, 1.54) is 12.8 Å². The van der Waals surface area contributed by atoms with Gasteiger partial charge in [-0.3, -0.25) is 0 Å². The molecule has 3 heteroatoms. The zero-order valence-corrected chi connectivity index (χ0v) is 9.93. The van der Waals surface area contributed by atoms with Crippen molar-refractivity contribution in [2.45, 2.75) is 46.5 Å². The summed E-state index contributed by atoms with van der Waals surface area (Å²) in [6, 6.07) is 0. The molecule has 0 spiro atoms. The summed E-state index contributed by atoms with van der Waals surface area (Å²) in [7, 11) is 0. The Hall–Kier alpha value is -1.12. The van der Waals surface area contributed by atoms with Crippen molar-refractivity contribution in [2.24, 2.45) is 5.92 Å². The second-order valence-electron chi connectivity index (χ2n) is 4.27. The third-order valence-electron chi connectivity index (χ3n) is 2.85. The second-order valence-corrected chi connectivity index (χ2v) is 4.27. The number of H-pyrrole nitrogens is 1. The molecular weight excluding hydrogens is 186 g/mol. The number of hydrogen-bond acceptors (Lipinski definition) is 2. The molecule has 15 heavy (non-hydrogen) atoms. The summed E-state index contributed by atoms with van der Waals surface area (Å²) < 4.78 is 0. The third kappa shape index (κ3) is 3.86. The zero-order valence-electron chi connectivity index (χ0n) is 9.93. The van der Waals surface area contributed by atoms with Crippen LogP contribution in [0.3, 0.4) is 0 Å². The lowest BCUT2D eigenvalue weighted by molar-refractivity contribution is 0.501. The number of nitrogens with zero attached hydrogens (tertiary/aromatic N) is 1. The van der Waals surface area contributed by atoms with Crippen LogP contribution in [0.15, 0.2) is 6.20 Å². The van der Waals surface area contributed by atoms with E-state index in [0.29, 0.717) is 5.71 Å². The minimum Gasteiger partial charge on any atom is -0.341 e. The molecule has 1 aromatic rings. The van der Waals surface area contributed by atoms with E-state index >= 15 is 0 Å². The highest BCUT2D eigenvalue weighted by molar-refractivity contribution is 5.96. The molecule has 0 amide bonds. The van der Waals surface area contributed by atoms with Gasteiger partial charge in [0.25, 0.3) is 0 Å². The Morgan fingerprint density at radius 1 is 1.60 bits per heavy atom. The molecule has 1 rings (SSSR count). The quantitative estimate of drug-likeness (QED) is 0.691. The molecule has 0 radical (unpaired) electrons. The van der Waals surface area contributed by atoms with E-state index in [-0.39, 0.29) is 0 Å². The van der Waals surface area contributed by atoms with Crippen LogP contribution >= 0.6 is 0 Å². The molecule has 0 aliphatic heterocycles. The highest BCUT2D eigenvalue weighted by Crippen LogP contribution is 2.12. The molecular formula is C12H21N3. The zero-order chi connectivity index (χ0) is 11.3. The molecule has 0 fully saturated rings. The smallest absolute Gasteiger partial charge is 0.103 e. The molecule has 1 atom stereocenters. The number of aromatic nitrogens is 2. The summed E-state index contributed by atoms with van der Waals surface area (Å²) in [5, 5.41) is 7.87. The first-order valence-corrected chi connectivity index (χ1v) is 5.72. The highest BCUT2D eigenvalue weighted by Gasteiger charge is 2.05. The summed E-state index contributed by atoms with van der Waals surface area (Å²) in [5.74, 6) is 1.66. The predicted molar refractivity (Wildman–Crippen MR) is 63.5 cm³/mol. The third-order valence-corrected chi connectivity index (χ3v) is 2.85. The summed E-state index contributed by atoms with van der Waals surface area (Å²) in [4.78, 5) is 7.19. The van der Waals surface area contributed by atoms with Crippen LogP contribution in [0.4, 0.5) is 0 Å². The van der Waals surface area contributed by atoms with Gasteiger partial charge in [-0.2, -0.15) is 0 Å². The summed E-state index contributed by atoms with van der Waals surface area (Å²) in [6.07, 6.45) is 6.15. The van der Waals surface area contributed by atoms with Gasteiger partial charge in [-0.15, -0.1) is 0 Å². The van der Waals surface area contributed by atoms with Crippen LogP contribution in [0.25, 0.3) is 0 Å². The van der Waals surface area contributed by atoms with E-state index in [1.807, 2.05) is 6.92 Å². The van der Waals surface area contributed by atoms with Gasteiger partial charge in [-0.05, 0) is 25.7 Å². The second kappa shape index (κ2) is 5.69. The average molecular weight is 207 g/mol. The van der Waals surface area contributed by atoms with Crippen molar-refractivity contribution in [1.82, 2.24) is 9.97 Å². The van der Waals surface area contributed by atoms with Gasteiger partial charge in [-0.25, -0.2) is 4.98 Å². The first-order chi connectivity index (χ1) is 7.13. The molecule has 0 aliphatic rings. The van der Waals surface area contributed by atoms with Gasteiger partial charge >= 0.3 is 0 Å². The Morgan fingerprint density at radius 2 is 2.33 bits per heavy atom. The maximum absolute atomic E-state index is 7.87. The van der Waals surface area contributed by atoms with Crippen LogP contribution in [0.2, 0.25) is 0 Å². The summed E-state index contributed by atoms with van der Waals surface area (Å²) >= 11 is 0. The van der Waals surface area contributed by atoms with E-state index in [4.69, 9.17) is 5.41 Å². The van der Waals surface area contributed by atoms with Crippen LogP contribution in [-0.4, -0.2) is 15.7 Å². The maximum atomic E-state index is 7.87. The van der Waals surface area contributed by atoms with Crippen molar-refractivity contribution in [2.75, 3.05) is 0 Å². The molecule has 0 saturated carbocycles. The fourth-order valence-corrected chi connectivity index (χ4v) is 1.54. The Balaban J connectivity index is 2.31. The van der Waals surface area contributed by atoms with Crippen molar-refractivity contribution < 1.29 is 0 Å². The lowest BCUT2D eigenvalue weighted by Gasteiger charge is -2.07. The lowest BCUT2D eigenvalue weighted by Crippen LogP contribution is -2.01. The first kappa shape index (κ1) is 12.0. The van der Waals surface area contributed by atoms with Crippen molar-refractivity contribution >= 4 is 5.71 Å². The molecule has 0 aromatic carbocycles.